The van der Waals surface area contributed by atoms with E-state index in [1.807, 2.05) is 22.6 Å². The van der Waals surface area contributed by atoms with Crippen LogP contribution in [-0.2, 0) is 10.0 Å². The molecule has 2 aromatic rings. The van der Waals surface area contributed by atoms with Crippen LogP contribution in [0.4, 0.5) is 11.5 Å². The maximum absolute atomic E-state index is 12.3. The van der Waals surface area contributed by atoms with E-state index in [0.29, 0.717) is 14.3 Å². The molecular weight excluding hydrogens is 450 g/mol. The highest BCUT2D eigenvalue weighted by Gasteiger charge is 2.18. The van der Waals surface area contributed by atoms with Crippen LogP contribution in [0.5, 0.6) is 0 Å². The molecule has 2 rings (SSSR count). The SMILES string of the molecule is NNc1ncc(S(=O)(=O)Nc2ccc(Cl)cc2I)cc1Cl. The van der Waals surface area contributed by atoms with Crippen LogP contribution in [0.3, 0.4) is 0 Å². The molecule has 1 heterocycles. The summed E-state index contributed by atoms with van der Waals surface area (Å²) in [6.45, 7) is 0. The summed E-state index contributed by atoms with van der Waals surface area (Å²) in [5.74, 6) is 5.38. The van der Waals surface area contributed by atoms with Gasteiger partial charge in [0.1, 0.15) is 4.90 Å². The molecule has 0 aliphatic carbocycles. The maximum Gasteiger partial charge on any atom is 0.263 e. The highest BCUT2D eigenvalue weighted by molar-refractivity contribution is 14.1. The lowest BCUT2D eigenvalue weighted by molar-refractivity contribution is 0.601. The van der Waals surface area contributed by atoms with Crippen LogP contribution in [0.25, 0.3) is 0 Å². The van der Waals surface area contributed by atoms with Gasteiger partial charge in [-0.05, 0) is 46.9 Å². The molecule has 0 unspecified atom stereocenters. The molecule has 112 valence electrons. The molecule has 1 aromatic carbocycles. The van der Waals surface area contributed by atoms with E-state index in [9.17, 15) is 8.42 Å². The Morgan fingerprint density at radius 3 is 2.52 bits per heavy atom. The second-order valence-electron chi connectivity index (χ2n) is 3.88. The Hall–Kier alpha value is -0.810. The van der Waals surface area contributed by atoms with Crippen LogP contribution < -0.4 is 16.0 Å². The van der Waals surface area contributed by atoms with Gasteiger partial charge in [0.2, 0.25) is 0 Å². The van der Waals surface area contributed by atoms with Gasteiger partial charge >= 0.3 is 0 Å². The fourth-order valence-corrected chi connectivity index (χ4v) is 3.97. The van der Waals surface area contributed by atoms with E-state index in [2.05, 4.69) is 15.1 Å². The minimum atomic E-state index is -3.81. The van der Waals surface area contributed by atoms with Crippen molar-refractivity contribution in [2.24, 2.45) is 5.84 Å². The number of nitrogen functional groups attached to an aromatic ring is 1. The van der Waals surface area contributed by atoms with Gasteiger partial charge in [-0.25, -0.2) is 19.2 Å². The number of rotatable bonds is 4. The summed E-state index contributed by atoms with van der Waals surface area (Å²) in [5.41, 5.74) is 2.68. The first-order valence-electron chi connectivity index (χ1n) is 5.43. The van der Waals surface area contributed by atoms with Gasteiger partial charge in [0.05, 0.1) is 10.7 Å². The van der Waals surface area contributed by atoms with E-state index < -0.39 is 10.0 Å². The minimum Gasteiger partial charge on any atom is -0.307 e. The average Bonchev–Trinajstić information content (AvgIpc) is 2.42. The molecule has 6 nitrogen and oxygen atoms in total. The van der Waals surface area contributed by atoms with Gasteiger partial charge in [-0.2, -0.15) is 0 Å². The zero-order chi connectivity index (χ0) is 15.6. The smallest absolute Gasteiger partial charge is 0.263 e. The van der Waals surface area contributed by atoms with Crippen molar-refractivity contribution in [3.8, 4) is 0 Å². The summed E-state index contributed by atoms with van der Waals surface area (Å²) in [6.07, 6.45) is 1.16. The fraction of sp³-hybridized carbons (Fsp3) is 0. The number of hydrazine groups is 1. The Morgan fingerprint density at radius 2 is 1.95 bits per heavy atom. The molecule has 1 aromatic heterocycles. The van der Waals surface area contributed by atoms with Gasteiger partial charge in [-0.3, -0.25) is 4.72 Å². The Labute approximate surface area is 145 Å². The largest absolute Gasteiger partial charge is 0.307 e. The second kappa shape index (κ2) is 6.53. The van der Waals surface area contributed by atoms with Gasteiger partial charge in [0.25, 0.3) is 10.0 Å². The van der Waals surface area contributed by atoms with Crippen molar-refractivity contribution in [2.75, 3.05) is 10.1 Å². The molecule has 0 aliphatic heterocycles. The van der Waals surface area contributed by atoms with Gasteiger partial charge in [0.15, 0.2) is 5.82 Å². The Bertz CT molecular complexity index is 786. The first kappa shape index (κ1) is 16.6. The molecule has 0 saturated carbocycles. The normalized spacial score (nSPS) is 11.2. The van der Waals surface area contributed by atoms with E-state index in [1.54, 1.807) is 18.2 Å². The first-order chi connectivity index (χ1) is 9.83. The third-order valence-electron chi connectivity index (χ3n) is 2.44. The van der Waals surface area contributed by atoms with Crippen molar-refractivity contribution in [2.45, 2.75) is 4.90 Å². The first-order valence-corrected chi connectivity index (χ1v) is 8.75. The number of pyridine rings is 1. The molecule has 0 saturated heterocycles. The second-order valence-corrected chi connectivity index (χ2v) is 7.56. The summed E-state index contributed by atoms with van der Waals surface area (Å²) in [6, 6.07) is 6.07. The van der Waals surface area contributed by atoms with E-state index in [-0.39, 0.29) is 15.7 Å². The van der Waals surface area contributed by atoms with Gasteiger partial charge in [-0.1, -0.05) is 23.2 Å². The third kappa shape index (κ3) is 3.89. The monoisotopic (exact) mass is 458 g/mol. The molecule has 21 heavy (non-hydrogen) atoms. The van der Waals surface area contributed by atoms with Crippen LogP contribution in [-0.4, -0.2) is 13.4 Å². The lowest BCUT2D eigenvalue weighted by Crippen LogP contribution is -2.15. The van der Waals surface area contributed by atoms with Crippen molar-refractivity contribution in [3.63, 3.8) is 0 Å². The Kier molecular flexibility index (Phi) is 5.15. The lowest BCUT2D eigenvalue weighted by Gasteiger charge is -2.11. The molecule has 0 amide bonds. The molecule has 0 spiro atoms. The number of benzene rings is 1. The van der Waals surface area contributed by atoms with Crippen molar-refractivity contribution in [1.82, 2.24) is 4.98 Å². The standard InChI is InChI=1S/C11H9Cl2IN4O2S/c12-6-1-2-10(9(14)3-6)18-21(19,20)7-4-8(13)11(17-15)16-5-7/h1-5,18H,15H2,(H,16,17). The zero-order valence-corrected chi connectivity index (χ0v) is 14.8. The predicted molar refractivity (Wildman–Crippen MR) is 92.0 cm³/mol. The zero-order valence-electron chi connectivity index (χ0n) is 10.3. The van der Waals surface area contributed by atoms with Gasteiger partial charge in [-0.15, -0.1) is 0 Å². The van der Waals surface area contributed by atoms with Crippen LogP contribution >= 0.6 is 45.8 Å². The quantitative estimate of drug-likeness (QED) is 0.371. The summed E-state index contributed by atoms with van der Waals surface area (Å²) in [5, 5.41) is 0.622. The highest BCUT2D eigenvalue weighted by atomic mass is 127. The summed E-state index contributed by atoms with van der Waals surface area (Å²) < 4.78 is 27.7. The number of hydrogen-bond acceptors (Lipinski definition) is 5. The van der Waals surface area contributed by atoms with Crippen molar-refractivity contribution in [1.29, 1.82) is 0 Å². The number of nitrogens with two attached hydrogens (primary N) is 1. The minimum absolute atomic E-state index is 0.0720. The molecule has 0 radical (unpaired) electrons. The van der Waals surface area contributed by atoms with Gasteiger partial charge < -0.3 is 5.43 Å². The number of nitrogens with zero attached hydrogens (tertiary/aromatic N) is 1. The average molecular weight is 459 g/mol. The van der Waals surface area contributed by atoms with Crippen molar-refractivity contribution < 1.29 is 8.42 Å². The summed E-state index contributed by atoms with van der Waals surface area (Å²) >= 11 is 13.7. The van der Waals surface area contributed by atoms with E-state index >= 15 is 0 Å². The van der Waals surface area contributed by atoms with Crippen LogP contribution in [0.2, 0.25) is 10.0 Å². The van der Waals surface area contributed by atoms with E-state index in [0.717, 1.165) is 6.20 Å². The number of halogens is 3. The fourth-order valence-electron chi connectivity index (χ4n) is 1.45. The summed E-state index contributed by atoms with van der Waals surface area (Å²) in [4.78, 5) is 3.76. The molecule has 0 fully saturated rings. The Morgan fingerprint density at radius 1 is 1.24 bits per heavy atom. The van der Waals surface area contributed by atoms with Crippen LogP contribution in [0, 0.1) is 3.57 Å². The number of aromatic nitrogens is 1. The number of sulfonamides is 1. The van der Waals surface area contributed by atoms with Gasteiger partial charge in [0, 0.05) is 14.8 Å². The van der Waals surface area contributed by atoms with E-state index in [4.69, 9.17) is 29.0 Å². The molecule has 0 aliphatic rings. The van der Waals surface area contributed by atoms with Crippen LogP contribution in [0.15, 0.2) is 35.4 Å². The molecule has 4 N–H and O–H groups in total. The number of anilines is 2. The third-order valence-corrected chi connectivity index (χ3v) is 5.19. The highest BCUT2D eigenvalue weighted by Crippen LogP contribution is 2.26. The van der Waals surface area contributed by atoms with Crippen molar-refractivity contribution >= 4 is 67.3 Å². The van der Waals surface area contributed by atoms with Crippen molar-refractivity contribution in [3.05, 3.63) is 44.1 Å². The predicted octanol–water partition coefficient (Wildman–Crippen LogP) is 3.08. The number of nitrogens with one attached hydrogen (secondary N) is 2. The topological polar surface area (TPSA) is 97.1 Å². The summed E-state index contributed by atoms with van der Waals surface area (Å²) in [7, 11) is -3.81. The number of hydrogen-bond donors (Lipinski definition) is 3. The Balaban J connectivity index is 2.36. The molecular formula is C11H9Cl2IN4O2S. The molecule has 0 atom stereocenters. The van der Waals surface area contributed by atoms with Crippen LogP contribution in [0.1, 0.15) is 0 Å². The molecule has 0 bridgehead atoms. The lowest BCUT2D eigenvalue weighted by atomic mass is 10.3. The molecule has 10 heteroatoms. The van der Waals surface area contributed by atoms with E-state index in [1.165, 1.54) is 6.07 Å². The maximum atomic E-state index is 12.3.